The van der Waals surface area contributed by atoms with Crippen LogP contribution in [0.4, 0.5) is 5.82 Å². The first-order valence-corrected chi connectivity index (χ1v) is 7.20. The van der Waals surface area contributed by atoms with E-state index in [-0.39, 0.29) is 0 Å². The van der Waals surface area contributed by atoms with Crippen LogP contribution in [0.25, 0.3) is 0 Å². The summed E-state index contributed by atoms with van der Waals surface area (Å²) < 4.78 is 0. The van der Waals surface area contributed by atoms with Gasteiger partial charge in [0.25, 0.3) is 11.8 Å². The van der Waals surface area contributed by atoms with Crippen LogP contribution in [0.15, 0.2) is 42.5 Å². The first kappa shape index (κ1) is 14.9. The molecule has 2 aromatic rings. The number of pyridine rings is 1. The maximum absolute atomic E-state index is 12.4. The van der Waals surface area contributed by atoms with E-state index in [1.165, 1.54) is 6.92 Å². The van der Waals surface area contributed by atoms with Gasteiger partial charge in [-0.2, -0.15) is 0 Å². The zero-order chi connectivity index (χ0) is 16.6. The van der Waals surface area contributed by atoms with Crippen molar-refractivity contribution in [2.75, 3.05) is 5.32 Å². The number of carbonyl (C=O) groups excluding carboxylic acids is 3. The third-order valence-corrected chi connectivity index (χ3v) is 3.73. The lowest BCUT2D eigenvalue weighted by molar-refractivity contribution is -0.119. The van der Waals surface area contributed by atoms with Gasteiger partial charge in [-0.1, -0.05) is 18.2 Å². The van der Waals surface area contributed by atoms with Gasteiger partial charge in [-0.15, -0.1) is 0 Å². The fourth-order valence-electron chi connectivity index (χ4n) is 2.52. The Balaban J connectivity index is 1.81. The lowest BCUT2D eigenvalue weighted by Gasteiger charge is -2.21. The number of anilines is 1. The largest absolute Gasteiger partial charge is 0.309 e. The maximum atomic E-state index is 12.4. The molecule has 0 unspecified atom stereocenters. The van der Waals surface area contributed by atoms with Crippen molar-refractivity contribution in [3.05, 3.63) is 59.3 Å². The SMILES string of the molecule is Cc1cccc(NC(=O)[C@H](C)N2C(=O)c3ccccc3C2=O)n1. The van der Waals surface area contributed by atoms with Crippen LogP contribution in [-0.2, 0) is 4.79 Å². The van der Waals surface area contributed by atoms with Crippen LogP contribution < -0.4 is 5.32 Å². The van der Waals surface area contributed by atoms with E-state index in [0.29, 0.717) is 16.9 Å². The van der Waals surface area contributed by atoms with Crippen molar-refractivity contribution >= 4 is 23.5 Å². The molecule has 0 saturated heterocycles. The number of fused-ring (bicyclic) bond motifs is 1. The highest BCUT2D eigenvalue weighted by Gasteiger charge is 2.40. The molecular formula is C17H15N3O3. The van der Waals surface area contributed by atoms with E-state index in [1.54, 1.807) is 36.4 Å². The van der Waals surface area contributed by atoms with Crippen LogP contribution in [-0.4, -0.2) is 33.6 Å². The van der Waals surface area contributed by atoms with Gasteiger partial charge in [0.15, 0.2) is 0 Å². The smallest absolute Gasteiger partial charge is 0.262 e. The Labute approximate surface area is 133 Å². The monoisotopic (exact) mass is 309 g/mol. The Morgan fingerprint density at radius 1 is 1.04 bits per heavy atom. The maximum Gasteiger partial charge on any atom is 0.262 e. The molecule has 1 aromatic heterocycles. The summed E-state index contributed by atoms with van der Waals surface area (Å²) in [6, 6.07) is 10.9. The summed E-state index contributed by atoms with van der Waals surface area (Å²) in [6.07, 6.45) is 0. The Kier molecular flexibility index (Phi) is 3.65. The first-order chi connectivity index (χ1) is 11.0. The Hall–Kier alpha value is -3.02. The Morgan fingerprint density at radius 3 is 2.22 bits per heavy atom. The predicted octanol–water partition coefficient (Wildman–Crippen LogP) is 2.01. The van der Waals surface area contributed by atoms with Gasteiger partial charge >= 0.3 is 0 Å². The van der Waals surface area contributed by atoms with Crippen LogP contribution >= 0.6 is 0 Å². The van der Waals surface area contributed by atoms with E-state index in [9.17, 15) is 14.4 Å². The van der Waals surface area contributed by atoms with Crippen LogP contribution in [0, 0.1) is 6.92 Å². The molecule has 1 aromatic carbocycles. The molecule has 3 rings (SSSR count). The number of nitrogens with zero attached hydrogens (tertiary/aromatic N) is 2. The van der Waals surface area contributed by atoms with E-state index in [0.717, 1.165) is 10.6 Å². The van der Waals surface area contributed by atoms with Gasteiger partial charge in [0.1, 0.15) is 11.9 Å². The van der Waals surface area contributed by atoms with Crippen molar-refractivity contribution in [3.8, 4) is 0 Å². The highest BCUT2D eigenvalue weighted by atomic mass is 16.2. The molecule has 0 aliphatic carbocycles. The van der Waals surface area contributed by atoms with Crippen molar-refractivity contribution in [2.45, 2.75) is 19.9 Å². The molecule has 0 saturated carbocycles. The number of nitrogens with one attached hydrogen (secondary N) is 1. The summed E-state index contributed by atoms with van der Waals surface area (Å²) in [5, 5.41) is 2.63. The van der Waals surface area contributed by atoms with Gasteiger partial charge in [0, 0.05) is 5.69 Å². The Bertz CT molecular complexity index is 781. The fraction of sp³-hybridized carbons (Fsp3) is 0.176. The quantitative estimate of drug-likeness (QED) is 0.880. The van der Waals surface area contributed by atoms with Crippen molar-refractivity contribution in [3.63, 3.8) is 0 Å². The molecule has 0 radical (unpaired) electrons. The highest BCUT2D eigenvalue weighted by Crippen LogP contribution is 2.24. The van der Waals surface area contributed by atoms with Gasteiger partial charge in [0.2, 0.25) is 5.91 Å². The standard InChI is InChI=1S/C17H15N3O3/c1-10-6-5-9-14(18-10)19-15(21)11(2)20-16(22)12-7-3-4-8-13(12)17(20)23/h3-9,11H,1-2H3,(H,18,19,21)/t11-/m0/s1. The summed E-state index contributed by atoms with van der Waals surface area (Å²) in [7, 11) is 0. The zero-order valence-electron chi connectivity index (χ0n) is 12.7. The molecule has 1 N–H and O–H groups in total. The van der Waals surface area contributed by atoms with E-state index in [4.69, 9.17) is 0 Å². The average molecular weight is 309 g/mol. The van der Waals surface area contributed by atoms with Gasteiger partial charge in [-0.3, -0.25) is 19.3 Å². The van der Waals surface area contributed by atoms with Crippen LogP contribution in [0.1, 0.15) is 33.3 Å². The van der Waals surface area contributed by atoms with Gasteiger partial charge < -0.3 is 5.32 Å². The third-order valence-electron chi connectivity index (χ3n) is 3.73. The number of carbonyl (C=O) groups is 3. The first-order valence-electron chi connectivity index (χ1n) is 7.20. The molecule has 6 heteroatoms. The van der Waals surface area contributed by atoms with Crippen LogP contribution in [0.5, 0.6) is 0 Å². The van der Waals surface area contributed by atoms with Crippen molar-refractivity contribution in [2.24, 2.45) is 0 Å². The minimum atomic E-state index is -0.926. The molecule has 2 heterocycles. The normalized spacial score (nSPS) is 14.6. The summed E-state index contributed by atoms with van der Waals surface area (Å²) in [4.78, 5) is 42.3. The summed E-state index contributed by atoms with van der Waals surface area (Å²) >= 11 is 0. The minimum Gasteiger partial charge on any atom is -0.309 e. The van der Waals surface area contributed by atoms with Gasteiger partial charge in [0.05, 0.1) is 11.1 Å². The molecule has 0 fully saturated rings. The topological polar surface area (TPSA) is 79.4 Å². The molecule has 1 atom stereocenters. The number of benzene rings is 1. The molecule has 1 aliphatic rings. The summed E-state index contributed by atoms with van der Waals surface area (Å²) in [5.41, 5.74) is 1.41. The number of aromatic nitrogens is 1. The van der Waals surface area contributed by atoms with E-state index < -0.39 is 23.8 Å². The van der Waals surface area contributed by atoms with Crippen molar-refractivity contribution in [1.82, 2.24) is 9.88 Å². The molecule has 3 amide bonds. The second kappa shape index (κ2) is 5.64. The second-order valence-corrected chi connectivity index (χ2v) is 5.36. The lowest BCUT2D eigenvalue weighted by Crippen LogP contribution is -2.45. The van der Waals surface area contributed by atoms with Crippen molar-refractivity contribution < 1.29 is 14.4 Å². The Morgan fingerprint density at radius 2 is 1.65 bits per heavy atom. The molecule has 6 nitrogen and oxygen atoms in total. The summed E-state index contributed by atoms with van der Waals surface area (Å²) in [6.45, 7) is 3.33. The molecule has 1 aliphatic heterocycles. The number of hydrogen-bond donors (Lipinski definition) is 1. The molecule has 0 spiro atoms. The number of imide groups is 1. The van der Waals surface area contributed by atoms with E-state index in [2.05, 4.69) is 10.3 Å². The number of rotatable bonds is 3. The van der Waals surface area contributed by atoms with Gasteiger partial charge in [-0.05, 0) is 38.1 Å². The van der Waals surface area contributed by atoms with E-state index in [1.807, 2.05) is 13.0 Å². The third kappa shape index (κ3) is 2.59. The van der Waals surface area contributed by atoms with Crippen LogP contribution in [0.2, 0.25) is 0 Å². The molecule has 0 bridgehead atoms. The van der Waals surface area contributed by atoms with Crippen LogP contribution in [0.3, 0.4) is 0 Å². The van der Waals surface area contributed by atoms with E-state index >= 15 is 0 Å². The van der Waals surface area contributed by atoms with Crippen molar-refractivity contribution in [1.29, 1.82) is 0 Å². The zero-order valence-corrected chi connectivity index (χ0v) is 12.7. The highest BCUT2D eigenvalue weighted by molar-refractivity contribution is 6.23. The van der Waals surface area contributed by atoms with Gasteiger partial charge in [-0.25, -0.2) is 4.98 Å². The fourth-order valence-corrected chi connectivity index (χ4v) is 2.52. The molecular weight excluding hydrogens is 294 g/mol. The predicted molar refractivity (Wildman–Crippen MR) is 84.0 cm³/mol. The number of aryl methyl sites for hydroxylation is 1. The lowest BCUT2D eigenvalue weighted by atomic mass is 10.1. The number of amides is 3. The molecule has 23 heavy (non-hydrogen) atoms. The number of hydrogen-bond acceptors (Lipinski definition) is 4. The minimum absolute atomic E-state index is 0.325. The average Bonchev–Trinajstić information content (AvgIpc) is 2.79. The second-order valence-electron chi connectivity index (χ2n) is 5.36. The summed E-state index contributed by atoms with van der Waals surface area (Å²) in [5.74, 6) is -0.980. The molecule has 116 valence electrons.